The predicted molar refractivity (Wildman–Crippen MR) is 91.3 cm³/mol. The summed E-state index contributed by atoms with van der Waals surface area (Å²) < 4.78 is 40.8. The normalized spacial score (nSPS) is 10.5. The molecule has 130 valence electrons. The van der Waals surface area contributed by atoms with Gasteiger partial charge in [-0.3, -0.25) is 4.79 Å². The fraction of sp³-hybridized carbons (Fsp3) is 0.235. The van der Waals surface area contributed by atoms with E-state index in [1.165, 1.54) is 12.1 Å². The van der Waals surface area contributed by atoms with Crippen LogP contribution in [0.3, 0.4) is 0 Å². The van der Waals surface area contributed by atoms with Crippen molar-refractivity contribution in [1.29, 1.82) is 0 Å². The summed E-state index contributed by atoms with van der Waals surface area (Å²) in [6, 6.07) is 10.1. The number of benzene rings is 2. The Morgan fingerprint density at radius 2 is 1.67 bits per heavy atom. The lowest BCUT2D eigenvalue weighted by molar-refractivity contribution is -0.274. The van der Waals surface area contributed by atoms with Gasteiger partial charge in [0.15, 0.2) is 0 Å². The lowest BCUT2D eigenvalue weighted by Gasteiger charge is -2.10. The highest BCUT2D eigenvalue weighted by atomic mass is 79.9. The molecule has 0 unspecified atom stereocenters. The molecule has 7 heteroatoms. The van der Waals surface area contributed by atoms with E-state index >= 15 is 0 Å². The van der Waals surface area contributed by atoms with Crippen molar-refractivity contribution in [2.24, 2.45) is 0 Å². The fourth-order valence-corrected chi connectivity index (χ4v) is 2.25. The molecule has 1 N–H and O–H groups in total. The van der Waals surface area contributed by atoms with Gasteiger partial charge in [0.05, 0.1) is 0 Å². The van der Waals surface area contributed by atoms with Gasteiger partial charge in [-0.25, -0.2) is 0 Å². The van der Waals surface area contributed by atoms with Crippen molar-refractivity contribution in [2.45, 2.75) is 27.1 Å². The summed E-state index contributed by atoms with van der Waals surface area (Å²) in [5, 5.41) is 2.70. The van der Waals surface area contributed by atoms with Crippen LogP contribution in [0.2, 0.25) is 0 Å². The SMILES string of the molecule is CC.Cc1cc(Br)ccc1NC(=O)c1ccc(OC(F)(F)F)cc1. The van der Waals surface area contributed by atoms with E-state index in [-0.39, 0.29) is 11.3 Å². The minimum atomic E-state index is -4.75. The molecule has 2 aromatic rings. The van der Waals surface area contributed by atoms with Gasteiger partial charge in [-0.1, -0.05) is 29.8 Å². The van der Waals surface area contributed by atoms with Crippen molar-refractivity contribution < 1.29 is 22.7 Å². The monoisotopic (exact) mass is 403 g/mol. The van der Waals surface area contributed by atoms with Crippen LogP contribution in [-0.2, 0) is 0 Å². The zero-order valence-corrected chi connectivity index (χ0v) is 15.0. The molecule has 2 aromatic carbocycles. The van der Waals surface area contributed by atoms with Gasteiger partial charge in [-0.15, -0.1) is 13.2 Å². The molecule has 24 heavy (non-hydrogen) atoms. The first-order valence-electron chi connectivity index (χ1n) is 7.18. The molecule has 0 aliphatic heterocycles. The predicted octanol–water partition coefficient (Wildman–Crippen LogP) is 5.93. The molecule has 0 aliphatic rings. The van der Waals surface area contributed by atoms with Gasteiger partial charge in [0, 0.05) is 15.7 Å². The molecule has 0 bridgehead atoms. The van der Waals surface area contributed by atoms with E-state index in [2.05, 4.69) is 26.0 Å². The summed E-state index contributed by atoms with van der Waals surface area (Å²) >= 11 is 3.32. The van der Waals surface area contributed by atoms with E-state index in [9.17, 15) is 18.0 Å². The Morgan fingerprint density at radius 3 is 2.17 bits per heavy atom. The molecular weight excluding hydrogens is 387 g/mol. The second kappa shape index (κ2) is 8.73. The molecule has 0 saturated heterocycles. The van der Waals surface area contributed by atoms with Crippen LogP contribution in [0.4, 0.5) is 18.9 Å². The summed E-state index contributed by atoms with van der Waals surface area (Å²) in [4.78, 5) is 12.1. The Bertz CT molecular complexity index is 685. The van der Waals surface area contributed by atoms with Gasteiger partial charge in [-0.05, 0) is 55.0 Å². The third-order valence-corrected chi connectivity index (χ3v) is 3.28. The number of alkyl halides is 3. The first-order valence-corrected chi connectivity index (χ1v) is 7.97. The minimum Gasteiger partial charge on any atom is -0.406 e. The van der Waals surface area contributed by atoms with Gasteiger partial charge < -0.3 is 10.1 Å². The molecule has 0 atom stereocenters. The zero-order chi connectivity index (χ0) is 18.3. The number of hydrogen-bond acceptors (Lipinski definition) is 2. The zero-order valence-electron chi connectivity index (χ0n) is 13.4. The Balaban J connectivity index is 0.00000139. The molecule has 0 aliphatic carbocycles. The second-order valence-electron chi connectivity index (χ2n) is 4.49. The lowest BCUT2D eigenvalue weighted by atomic mass is 10.1. The van der Waals surface area contributed by atoms with Gasteiger partial charge in [0.25, 0.3) is 5.91 Å². The molecule has 0 heterocycles. The summed E-state index contributed by atoms with van der Waals surface area (Å²) in [5.41, 5.74) is 1.72. The highest BCUT2D eigenvalue weighted by molar-refractivity contribution is 9.10. The Kier molecular flexibility index (Phi) is 7.28. The number of amides is 1. The largest absolute Gasteiger partial charge is 0.573 e. The molecule has 0 fully saturated rings. The van der Waals surface area contributed by atoms with E-state index < -0.39 is 12.3 Å². The maximum absolute atomic E-state index is 12.1. The van der Waals surface area contributed by atoms with Crippen LogP contribution in [0.1, 0.15) is 29.8 Å². The second-order valence-corrected chi connectivity index (χ2v) is 5.40. The average Bonchev–Trinajstić information content (AvgIpc) is 2.51. The highest BCUT2D eigenvalue weighted by Crippen LogP contribution is 2.24. The number of rotatable bonds is 3. The first-order chi connectivity index (χ1) is 11.2. The molecule has 1 amide bonds. The topological polar surface area (TPSA) is 38.3 Å². The summed E-state index contributed by atoms with van der Waals surface area (Å²) in [7, 11) is 0. The van der Waals surface area contributed by atoms with Crippen LogP contribution in [0.15, 0.2) is 46.9 Å². The van der Waals surface area contributed by atoms with Crippen LogP contribution >= 0.6 is 15.9 Å². The summed E-state index contributed by atoms with van der Waals surface area (Å²) in [6.45, 7) is 5.83. The molecule has 0 aromatic heterocycles. The molecule has 0 saturated carbocycles. The smallest absolute Gasteiger partial charge is 0.406 e. The molecular formula is C17H17BrF3NO2. The van der Waals surface area contributed by atoms with Gasteiger partial charge in [0.2, 0.25) is 0 Å². The number of carbonyl (C=O) groups is 1. The van der Waals surface area contributed by atoms with Crippen molar-refractivity contribution in [3.05, 3.63) is 58.1 Å². The Morgan fingerprint density at radius 1 is 1.08 bits per heavy atom. The lowest BCUT2D eigenvalue weighted by Crippen LogP contribution is -2.17. The minimum absolute atomic E-state index is 0.233. The first kappa shape index (κ1) is 20.0. The van der Waals surface area contributed by atoms with E-state index in [4.69, 9.17) is 0 Å². The number of hydrogen-bond donors (Lipinski definition) is 1. The Hall–Kier alpha value is -2.02. The van der Waals surface area contributed by atoms with Crippen molar-refractivity contribution >= 4 is 27.5 Å². The van der Waals surface area contributed by atoms with Crippen molar-refractivity contribution in [2.75, 3.05) is 5.32 Å². The maximum atomic E-state index is 12.1. The van der Waals surface area contributed by atoms with Gasteiger partial charge in [0.1, 0.15) is 5.75 Å². The van der Waals surface area contributed by atoms with Crippen molar-refractivity contribution in [3.8, 4) is 5.75 Å². The number of aryl methyl sites for hydroxylation is 1. The average molecular weight is 404 g/mol. The van der Waals surface area contributed by atoms with Crippen LogP contribution < -0.4 is 10.1 Å². The van der Waals surface area contributed by atoms with Crippen LogP contribution in [-0.4, -0.2) is 12.3 Å². The maximum Gasteiger partial charge on any atom is 0.573 e. The van der Waals surface area contributed by atoms with E-state index in [1.807, 2.05) is 26.8 Å². The number of nitrogens with one attached hydrogen (secondary N) is 1. The van der Waals surface area contributed by atoms with Gasteiger partial charge in [-0.2, -0.15) is 0 Å². The third kappa shape index (κ3) is 6.23. The van der Waals surface area contributed by atoms with E-state index in [0.717, 1.165) is 22.2 Å². The highest BCUT2D eigenvalue weighted by Gasteiger charge is 2.31. The fourth-order valence-electron chi connectivity index (χ4n) is 1.77. The Labute approximate surface area is 147 Å². The summed E-state index contributed by atoms with van der Waals surface area (Å²) in [6.07, 6.45) is -4.75. The number of halogens is 4. The van der Waals surface area contributed by atoms with Crippen LogP contribution in [0.5, 0.6) is 5.75 Å². The number of ether oxygens (including phenoxy) is 1. The quantitative estimate of drug-likeness (QED) is 0.688. The molecule has 3 nitrogen and oxygen atoms in total. The van der Waals surface area contributed by atoms with Crippen LogP contribution in [0, 0.1) is 6.92 Å². The molecule has 0 spiro atoms. The molecule has 0 radical (unpaired) electrons. The molecule has 2 rings (SSSR count). The van der Waals surface area contributed by atoms with Crippen molar-refractivity contribution in [1.82, 2.24) is 0 Å². The van der Waals surface area contributed by atoms with E-state index in [0.29, 0.717) is 5.69 Å². The van der Waals surface area contributed by atoms with Gasteiger partial charge >= 0.3 is 6.36 Å². The standard InChI is InChI=1S/C15H11BrF3NO2.C2H6/c1-9-8-11(16)4-7-13(9)20-14(21)10-2-5-12(6-3-10)22-15(17,18)19;1-2/h2-8H,1H3,(H,20,21);1-2H3. The number of carbonyl (C=O) groups excluding carboxylic acids is 1. The van der Waals surface area contributed by atoms with Crippen molar-refractivity contribution in [3.63, 3.8) is 0 Å². The van der Waals surface area contributed by atoms with E-state index in [1.54, 1.807) is 12.1 Å². The third-order valence-electron chi connectivity index (χ3n) is 2.79. The van der Waals surface area contributed by atoms with Crippen LogP contribution in [0.25, 0.3) is 0 Å². The summed E-state index contributed by atoms with van der Waals surface area (Å²) in [5.74, 6) is -0.784. The number of anilines is 1.